The van der Waals surface area contributed by atoms with Gasteiger partial charge in [-0.1, -0.05) is 18.2 Å². The molecule has 0 heterocycles. The summed E-state index contributed by atoms with van der Waals surface area (Å²) in [6.07, 6.45) is 3.35. The van der Waals surface area contributed by atoms with E-state index in [0.717, 1.165) is 11.3 Å². The van der Waals surface area contributed by atoms with Crippen LogP contribution >= 0.6 is 0 Å². The Morgan fingerprint density at radius 2 is 1.57 bits per heavy atom. The molecule has 1 N–H and O–H groups in total. The molecule has 0 spiro atoms. The first kappa shape index (κ1) is 16.5. The molecule has 0 saturated heterocycles. The molecule has 2 aromatic carbocycles. The van der Waals surface area contributed by atoms with Crippen LogP contribution in [0.5, 0.6) is 0 Å². The average molecular weight is 308 g/mol. The molecule has 2 rings (SSSR count). The molecule has 118 valence electrons. The maximum absolute atomic E-state index is 12.1. The SMILES string of the molecule is CC(=O)Nc1ccc(C(=O)/C=C/c2ccc(N(C)C)cc2)cc1. The van der Waals surface area contributed by atoms with Crippen molar-refractivity contribution in [2.24, 2.45) is 0 Å². The maximum atomic E-state index is 12.1. The lowest BCUT2D eigenvalue weighted by molar-refractivity contribution is -0.114. The summed E-state index contributed by atoms with van der Waals surface area (Å²) in [5.41, 5.74) is 3.35. The highest BCUT2D eigenvalue weighted by Crippen LogP contribution is 2.14. The van der Waals surface area contributed by atoms with Crippen molar-refractivity contribution in [3.8, 4) is 0 Å². The molecule has 0 aliphatic heterocycles. The van der Waals surface area contributed by atoms with E-state index in [4.69, 9.17) is 0 Å². The van der Waals surface area contributed by atoms with Crippen molar-refractivity contribution in [1.82, 2.24) is 0 Å². The smallest absolute Gasteiger partial charge is 0.221 e. The molecule has 23 heavy (non-hydrogen) atoms. The zero-order valence-electron chi connectivity index (χ0n) is 13.5. The van der Waals surface area contributed by atoms with Crippen LogP contribution in [0.3, 0.4) is 0 Å². The number of rotatable bonds is 5. The summed E-state index contributed by atoms with van der Waals surface area (Å²) >= 11 is 0. The lowest BCUT2D eigenvalue weighted by Crippen LogP contribution is -2.07. The molecule has 4 heteroatoms. The van der Waals surface area contributed by atoms with Crippen molar-refractivity contribution in [2.45, 2.75) is 6.92 Å². The molecule has 1 amide bonds. The molecule has 0 radical (unpaired) electrons. The third-order valence-electron chi connectivity index (χ3n) is 3.33. The van der Waals surface area contributed by atoms with Gasteiger partial charge >= 0.3 is 0 Å². The molecule has 0 saturated carbocycles. The third-order valence-corrected chi connectivity index (χ3v) is 3.33. The molecule has 0 unspecified atom stereocenters. The van der Waals surface area contributed by atoms with Gasteiger partial charge in [0.2, 0.25) is 5.91 Å². The zero-order valence-corrected chi connectivity index (χ0v) is 13.5. The van der Waals surface area contributed by atoms with Gasteiger partial charge in [-0.3, -0.25) is 9.59 Å². The van der Waals surface area contributed by atoms with Gasteiger partial charge in [0.15, 0.2) is 5.78 Å². The standard InChI is InChI=1S/C19H20N2O2/c1-14(22)20-17-9-7-16(8-10-17)19(23)13-6-15-4-11-18(12-5-15)21(2)3/h4-13H,1-3H3,(H,20,22)/b13-6+. The normalized spacial score (nSPS) is 10.6. The minimum atomic E-state index is -0.134. The molecule has 0 bridgehead atoms. The van der Waals surface area contributed by atoms with Crippen molar-refractivity contribution in [1.29, 1.82) is 0 Å². The van der Waals surface area contributed by atoms with E-state index in [9.17, 15) is 9.59 Å². The zero-order chi connectivity index (χ0) is 16.8. The Morgan fingerprint density at radius 3 is 2.09 bits per heavy atom. The Bertz CT molecular complexity index is 714. The van der Waals surface area contributed by atoms with Crippen molar-refractivity contribution in [3.05, 3.63) is 65.7 Å². The van der Waals surface area contributed by atoms with E-state index < -0.39 is 0 Å². The molecule has 0 aromatic heterocycles. The van der Waals surface area contributed by atoms with Gasteiger partial charge in [0.1, 0.15) is 0 Å². The van der Waals surface area contributed by atoms with Crippen LogP contribution in [0, 0.1) is 0 Å². The van der Waals surface area contributed by atoms with E-state index in [0.29, 0.717) is 11.3 Å². The van der Waals surface area contributed by atoms with E-state index in [-0.39, 0.29) is 11.7 Å². The van der Waals surface area contributed by atoms with Crippen LogP contribution in [-0.2, 0) is 4.79 Å². The Labute approximate surface area is 136 Å². The first-order chi connectivity index (χ1) is 11.0. The van der Waals surface area contributed by atoms with Crippen molar-refractivity contribution >= 4 is 29.1 Å². The highest BCUT2D eigenvalue weighted by Gasteiger charge is 2.02. The van der Waals surface area contributed by atoms with Crippen molar-refractivity contribution in [2.75, 3.05) is 24.3 Å². The molecular formula is C19H20N2O2. The minimum Gasteiger partial charge on any atom is -0.378 e. The molecule has 2 aromatic rings. The largest absolute Gasteiger partial charge is 0.378 e. The van der Waals surface area contributed by atoms with Crippen LogP contribution in [0.15, 0.2) is 54.6 Å². The van der Waals surface area contributed by atoms with Gasteiger partial charge in [0.05, 0.1) is 0 Å². The second-order valence-corrected chi connectivity index (χ2v) is 5.44. The quantitative estimate of drug-likeness (QED) is 0.678. The fourth-order valence-corrected chi connectivity index (χ4v) is 2.07. The summed E-state index contributed by atoms with van der Waals surface area (Å²) in [4.78, 5) is 25.1. The van der Waals surface area contributed by atoms with Crippen LogP contribution in [0.1, 0.15) is 22.8 Å². The summed E-state index contributed by atoms with van der Waals surface area (Å²) in [6, 6.07) is 14.8. The molecule has 0 fully saturated rings. The van der Waals surface area contributed by atoms with Gasteiger partial charge in [-0.05, 0) is 48.0 Å². The van der Waals surface area contributed by atoms with Gasteiger partial charge in [-0.25, -0.2) is 0 Å². The molecule has 4 nitrogen and oxygen atoms in total. The third kappa shape index (κ3) is 4.81. The summed E-state index contributed by atoms with van der Waals surface area (Å²) < 4.78 is 0. The van der Waals surface area contributed by atoms with Gasteiger partial charge in [0, 0.05) is 38.0 Å². The lowest BCUT2D eigenvalue weighted by Gasteiger charge is -2.11. The van der Waals surface area contributed by atoms with E-state index in [1.165, 1.54) is 6.92 Å². The first-order valence-electron chi connectivity index (χ1n) is 7.33. The average Bonchev–Trinajstić information content (AvgIpc) is 2.53. The van der Waals surface area contributed by atoms with E-state index in [1.54, 1.807) is 36.4 Å². The van der Waals surface area contributed by atoms with Gasteiger partial charge < -0.3 is 10.2 Å². The number of hydrogen-bond acceptors (Lipinski definition) is 3. The fourth-order valence-electron chi connectivity index (χ4n) is 2.07. The summed E-state index contributed by atoms with van der Waals surface area (Å²) in [5.74, 6) is -0.207. The number of amides is 1. The van der Waals surface area contributed by atoms with E-state index in [2.05, 4.69) is 5.32 Å². The second kappa shape index (κ2) is 7.40. The van der Waals surface area contributed by atoms with Gasteiger partial charge in [-0.15, -0.1) is 0 Å². The predicted molar refractivity (Wildman–Crippen MR) is 94.9 cm³/mol. The molecule has 0 aliphatic carbocycles. The maximum Gasteiger partial charge on any atom is 0.221 e. The number of anilines is 2. The van der Waals surface area contributed by atoms with Crippen LogP contribution in [0.4, 0.5) is 11.4 Å². The lowest BCUT2D eigenvalue weighted by atomic mass is 10.1. The molecule has 0 aliphatic rings. The number of benzene rings is 2. The predicted octanol–water partition coefficient (Wildman–Crippen LogP) is 3.61. The number of hydrogen-bond donors (Lipinski definition) is 1. The highest BCUT2D eigenvalue weighted by atomic mass is 16.1. The fraction of sp³-hybridized carbons (Fsp3) is 0.158. The Kier molecular flexibility index (Phi) is 5.31. The van der Waals surface area contributed by atoms with Crippen LogP contribution in [0.2, 0.25) is 0 Å². The van der Waals surface area contributed by atoms with Crippen molar-refractivity contribution < 1.29 is 9.59 Å². The summed E-state index contributed by atoms with van der Waals surface area (Å²) in [7, 11) is 3.97. The molecular weight excluding hydrogens is 288 g/mol. The number of ketones is 1. The van der Waals surface area contributed by atoms with Gasteiger partial charge in [-0.2, -0.15) is 0 Å². The number of carbonyl (C=O) groups excluding carboxylic acids is 2. The van der Waals surface area contributed by atoms with Crippen LogP contribution < -0.4 is 10.2 Å². The Morgan fingerprint density at radius 1 is 0.957 bits per heavy atom. The number of nitrogens with one attached hydrogen (secondary N) is 1. The van der Waals surface area contributed by atoms with Crippen LogP contribution in [-0.4, -0.2) is 25.8 Å². The minimum absolute atomic E-state index is 0.0731. The topological polar surface area (TPSA) is 49.4 Å². The summed E-state index contributed by atoms with van der Waals surface area (Å²) in [6.45, 7) is 1.45. The van der Waals surface area contributed by atoms with E-state index in [1.807, 2.05) is 43.3 Å². The van der Waals surface area contributed by atoms with Crippen LogP contribution in [0.25, 0.3) is 6.08 Å². The van der Waals surface area contributed by atoms with Crippen molar-refractivity contribution in [3.63, 3.8) is 0 Å². The number of nitrogens with zero attached hydrogens (tertiary/aromatic N) is 1. The summed E-state index contributed by atoms with van der Waals surface area (Å²) in [5, 5.41) is 2.67. The number of carbonyl (C=O) groups is 2. The Hall–Kier alpha value is -2.88. The molecule has 0 atom stereocenters. The van der Waals surface area contributed by atoms with E-state index >= 15 is 0 Å². The number of allylic oxidation sites excluding steroid dienone is 1. The first-order valence-corrected chi connectivity index (χ1v) is 7.33. The van der Waals surface area contributed by atoms with Gasteiger partial charge in [0.25, 0.3) is 0 Å². The highest BCUT2D eigenvalue weighted by molar-refractivity contribution is 6.07. The second-order valence-electron chi connectivity index (χ2n) is 5.44. The Balaban J connectivity index is 2.04. The monoisotopic (exact) mass is 308 g/mol.